The molecule has 0 aromatic carbocycles. The van der Waals surface area contributed by atoms with E-state index in [0.29, 0.717) is 18.9 Å². The van der Waals surface area contributed by atoms with Crippen LogP contribution in [0.3, 0.4) is 0 Å². The molecule has 0 aliphatic heterocycles. The van der Waals surface area contributed by atoms with Crippen molar-refractivity contribution in [1.82, 2.24) is 5.32 Å². The van der Waals surface area contributed by atoms with Gasteiger partial charge in [-0.05, 0) is 24.7 Å². The number of hydrogen-bond acceptors (Lipinski definition) is 4. The van der Waals surface area contributed by atoms with Gasteiger partial charge >= 0.3 is 12.1 Å². The molecule has 1 aliphatic carbocycles. The maximum Gasteiger partial charge on any atom is 0.410 e. The largest absolute Gasteiger partial charge is 0.425 e. The van der Waals surface area contributed by atoms with Gasteiger partial charge in [0.25, 0.3) is 0 Å². The van der Waals surface area contributed by atoms with E-state index in [9.17, 15) is 9.59 Å². The van der Waals surface area contributed by atoms with E-state index in [0.717, 1.165) is 0 Å². The summed E-state index contributed by atoms with van der Waals surface area (Å²) in [7, 11) is 0. The zero-order valence-electron chi connectivity index (χ0n) is 12.8. The third kappa shape index (κ3) is 7.36. The fraction of sp³-hybridized carbons (Fsp3) is 0.867. The molecular formula is C15H27NO4. The molecule has 20 heavy (non-hydrogen) atoms. The molecular weight excluding hydrogens is 258 g/mol. The predicted molar refractivity (Wildman–Crippen MR) is 76.1 cm³/mol. The van der Waals surface area contributed by atoms with Crippen LogP contribution in [0.1, 0.15) is 59.3 Å². The minimum atomic E-state index is -0.840. The highest BCUT2D eigenvalue weighted by Gasteiger charge is 2.17. The van der Waals surface area contributed by atoms with Crippen molar-refractivity contribution >= 4 is 12.1 Å². The smallest absolute Gasteiger partial charge is 0.410 e. The first-order valence-corrected chi connectivity index (χ1v) is 7.61. The van der Waals surface area contributed by atoms with E-state index < -0.39 is 12.4 Å². The second kappa shape index (κ2) is 8.82. The number of carbonyl (C=O) groups excluding carboxylic acids is 2. The molecule has 0 saturated heterocycles. The van der Waals surface area contributed by atoms with E-state index >= 15 is 0 Å². The molecule has 0 aromatic rings. The highest BCUT2D eigenvalue weighted by atomic mass is 16.7. The summed E-state index contributed by atoms with van der Waals surface area (Å²) < 4.78 is 10.0. The van der Waals surface area contributed by atoms with Crippen molar-refractivity contribution in [2.75, 3.05) is 6.54 Å². The van der Waals surface area contributed by atoms with Gasteiger partial charge < -0.3 is 14.8 Å². The van der Waals surface area contributed by atoms with Crippen LogP contribution in [0.2, 0.25) is 0 Å². The van der Waals surface area contributed by atoms with Crippen molar-refractivity contribution in [3.8, 4) is 0 Å². The molecule has 5 nitrogen and oxygen atoms in total. The van der Waals surface area contributed by atoms with Crippen LogP contribution in [-0.4, -0.2) is 24.9 Å². The van der Waals surface area contributed by atoms with Gasteiger partial charge in [0.2, 0.25) is 6.29 Å². The first-order valence-electron chi connectivity index (χ1n) is 7.61. The Bertz CT molecular complexity index is 311. The van der Waals surface area contributed by atoms with Gasteiger partial charge in [-0.2, -0.15) is 0 Å². The predicted octanol–water partition coefficient (Wildman–Crippen LogP) is 3.23. The molecule has 1 fully saturated rings. The number of alkyl carbamates (subject to hydrolysis) is 1. The van der Waals surface area contributed by atoms with Gasteiger partial charge in [0.1, 0.15) is 0 Å². The average molecular weight is 285 g/mol. The molecule has 1 rings (SSSR count). The topological polar surface area (TPSA) is 64.6 Å². The molecule has 116 valence electrons. The Morgan fingerprint density at radius 1 is 1.10 bits per heavy atom. The summed E-state index contributed by atoms with van der Waals surface area (Å²) in [6, 6.07) is 0. The number of esters is 1. The Labute approximate surface area is 121 Å². The maximum atomic E-state index is 11.6. The van der Waals surface area contributed by atoms with Crippen molar-refractivity contribution < 1.29 is 19.1 Å². The Morgan fingerprint density at radius 2 is 1.75 bits per heavy atom. The first kappa shape index (κ1) is 16.8. The van der Waals surface area contributed by atoms with Gasteiger partial charge in [-0.1, -0.05) is 33.1 Å². The summed E-state index contributed by atoms with van der Waals surface area (Å²) >= 11 is 0. The van der Waals surface area contributed by atoms with Crippen LogP contribution in [0.25, 0.3) is 0 Å². The zero-order valence-corrected chi connectivity index (χ0v) is 12.8. The number of ether oxygens (including phenoxy) is 2. The molecule has 5 heteroatoms. The molecule has 1 saturated carbocycles. The fourth-order valence-corrected chi connectivity index (χ4v) is 2.40. The van der Waals surface area contributed by atoms with Crippen molar-refractivity contribution in [2.24, 2.45) is 11.8 Å². The number of hydrogen-bond donors (Lipinski definition) is 1. The molecule has 0 radical (unpaired) electrons. The Balaban J connectivity index is 2.15. The molecule has 1 N–H and O–H groups in total. The van der Waals surface area contributed by atoms with Crippen molar-refractivity contribution in [1.29, 1.82) is 0 Å². The summed E-state index contributed by atoms with van der Waals surface area (Å²) in [5.74, 6) is 0.442. The van der Waals surface area contributed by atoms with Gasteiger partial charge in [0, 0.05) is 19.9 Å². The summed E-state index contributed by atoms with van der Waals surface area (Å²) in [6.45, 7) is 6.07. The molecule has 1 aliphatic rings. The van der Waals surface area contributed by atoms with Crippen LogP contribution in [0.4, 0.5) is 4.79 Å². The number of rotatable bonds is 6. The minimum Gasteiger partial charge on any atom is -0.425 e. The maximum absolute atomic E-state index is 11.6. The number of nitrogens with one attached hydrogen (secondary N) is 1. The fourth-order valence-electron chi connectivity index (χ4n) is 2.40. The number of carbonyl (C=O) groups is 2. The summed E-state index contributed by atoms with van der Waals surface area (Å²) in [6.07, 6.45) is 5.09. The highest BCUT2D eigenvalue weighted by molar-refractivity contribution is 5.70. The standard InChI is InChI=1S/C15H27NO4/c1-11(2)9-14(17)19-12(3)20-15(18)16-10-13-7-5-4-6-8-13/h11-13H,4-10H2,1-3H3,(H,16,18). The van der Waals surface area contributed by atoms with E-state index in [-0.39, 0.29) is 11.9 Å². The summed E-state index contributed by atoms with van der Waals surface area (Å²) in [5.41, 5.74) is 0. The molecule has 1 unspecified atom stereocenters. The van der Waals surface area contributed by atoms with Gasteiger partial charge in [-0.25, -0.2) is 4.79 Å². The Morgan fingerprint density at radius 3 is 2.35 bits per heavy atom. The van der Waals surface area contributed by atoms with Gasteiger partial charge in [-0.3, -0.25) is 4.79 Å². The van der Waals surface area contributed by atoms with Crippen LogP contribution < -0.4 is 5.32 Å². The number of amides is 1. The highest BCUT2D eigenvalue weighted by Crippen LogP contribution is 2.22. The van der Waals surface area contributed by atoms with E-state index in [1.165, 1.54) is 32.1 Å². The van der Waals surface area contributed by atoms with Crippen molar-refractivity contribution in [3.63, 3.8) is 0 Å². The van der Waals surface area contributed by atoms with E-state index in [1.54, 1.807) is 6.92 Å². The zero-order chi connectivity index (χ0) is 15.0. The molecule has 0 heterocycles. The minimum absolute atomic E-state index is 0.231. The van der Waals surface area contributed by atoms with Crippen molar-refractivity contribution in [2.45, 2.75) is 65.6 Å². The Hall–Kier alpha value is -1.26. The molecule has 1 amide bonds. The van der Waals surface area contributed by atoms with E-state index in [2.05, 4.69) is 5.32 Å². The molecule has 0 bridgehead atoms. The van der Waals surface area contributed by atoms with Crippen LogP contribution >= 0.6 is 0 Å². The second-order valence-electron chi connectivity index (χ2n) is 5.95. The summed E-state index contributed by atoms with van der Waals surface area (Å²) in [4.78, 5) is 23.0. The monoisotopic (exact) mass is 285 g/mol. The van der Waals surface area contributed by atoms with Crippen LogP contribution in [0.15, 0.2) is 0 Å². The normalized spacial score (nSPS) is 17.6. The van der Waals surface area contributed by atoms with Gasteiger partial charge in [0.05, 0.1) is 0 Å². The lowest BCUT2D eigenvalue weighted by molar-refractivity contribution is -0.165. The van der Waals surface area contributed by atoms with Gasteiger partial charge in [-0.15, -0.1) is 0 Å². The lowest BCUT2D eigenvalue weighted by Gasteiger charge is -2.22. The second-order valence-corrected chi connectivity index (χ2v) is 5.95. The quantitative estimate of drug-likeness (QED) is 0.601. The van der Waals surface area contributed by atoms with Crippen LogP contribution in [0.5, 0.6) is 0 Å². The van der Waals surface area contributed by atoms with Crippen LogP contribution in [-0.2, 0) is 14.3 Å². The molecule has 1 atom stereocenters. The average Bonchev–Trinajstić information content (AvgIpc) is 2.36. The lowest BCUT2D eigenvalue weighted by atomic mass is 9.89. The summed E-state index contributed by atoms with van der Waals surface area (Å²) in [5, 5.41) is 2.74. The van der Waals surface area contributed by atoms with E-state index in [1.807, 2.05) is 13.8 Å². The van der Waals surface area contributed by atoms with Gasteiger partial charge in [0.15, 0.2) is 0 Å². The van der Waals surface area contributed by atoms with Crippen LogP contribution in [0, 0.1) is 11.8 Å². The lowest BCUT2D eigenvalue weighted by Crippen LogP contribution is -2.34. The molecule has 0 spiro atoms. The third-order valence-electron chi connectivity index (χ3n) is 3.41. The first-order chi connectivity index (χ1) is 9.47. The van der Waals surface area contributed by atoms with E-state index in [4.69, 9.17) is 9.47 Å². The SMILES string of the molecule is CC(C)CC(=O)OC(C)OC(=O)NCC1CCCCC1. The third-order valence-corrected chi connectivity index (χ3v) is 3.41. The Kier molecular flexibility index (Phi) is 7.41. The molecule has 0 aromatic heterocycles. The van der Waals surface area contributed by atoms with Crippen molar-refractivity contribution in [3.05, 3.63) is 0 Å².